The van der Waals surface area contributed by atoms with Crippen molar-refractivity contribution in [1.82, 2.24) is 10.3 Å². The van der Waals surface area contributed by atoms with Gasteiger partial charge in [-0.1, -0.05) is 16.9 Å². The van der Waals surface area contributed by atoms with Crippen molar-refractivity contribution >= 4 is 16.9 Å². The van der Waals surface area contributed by atoms with Crippen LogP contribution in [0.4, 0.5) is 0 Å². The van der Waals surface area contributed by atoms with Crippen LogP contribution in [0.25, 0.3) is 5.57 Å². The number of nitrogens with zero attached hydrogens (tertiary/aromatic N) is 1. The van der Waals surface area contributed by atoms with Crippen molar-refractivity contribution in [1.29, 1.82) is 0 Å². The Balaban J connectivity index is 2.29. The Morgan fingerprint density at radius 1 is 1.57 bits per heavy atom. The van der Waals surface area contributed by atoms with Gasteiger partial charge in [0, 0.05) is 11.9 Å². The second-order valence-electron chi connectivity index (χ2n) is 3.39. The zero-order chi connectivity index (χ0) is 9.97. The van der Waals surface area contributed by atoms with Gasteiger partial charge in [-0.05, 0) is 25.5 Å². The number of hydrogen-bond donors (Lipinski definition) is 1. The van der Waals surface area contributed by atoms with Crippen LogP contribution in [0.5, 0.6) is 5.19 Å². The van der Waals surface area contributed by atoms with Crippen LogP contribution in [0, 0.1) is 0 Å². The van der Waals surface area contributed by atoms with Crippen molar-refractivity contribution < 1.29 is 4.74 Å². The van der Waals surface area contributed by atoms with E-state index in [1.807, 2.05) is 0 Å². The number of rotatable bonds is 2. The maximum Gasteiger partial charge on any atom is 0.273 e. The summed E-state index contributed by atoms with van der Waals surface area (Å²) in [5, 5.41) is 6.16. The topological polar surface area (TPSA) is 34.1 Å². The van der Waals surface area contributed by atoms with Crippen LogP contribution in [0.2, 0.25) is 0 Å². The number of hydrogen-bond acceptors (Lipinski definition) is 4. The molecule has 0 radical (unpaired) electrons. The Kier molecular flexibility index (Phi) is 2.84. The zero-order valence-electron chi connectivity index (χ0n) is 8.46. The molecule has 3 nitrogen and oxygen atoms in total. The van der Waals surface area contributed by atoms with Gasteiger partial charge < -0.3 is 10.1 Å². The van der Waals surface area contributed by atoms with Gasteiger partial charge in [0.05, 0.1) is 12.8 Å². The van der Waals surface area contributed by atoms with E-state index in [2.05, 4.69) is 22.6 Å². The van der Waals surface area contributed by atoms with Crippen LogP contribution in [0.15, 0.2) is 11.0 Å². The van der Waals surface area contributed by atoms with Crippen LogP contribution in [0.1, 0.15) is 19.0 Å². The second-order valence-corrected chi connectivity index (χ2v) is 4.21. The fourth-order valence-corrected chi connectivity index (χ4v) is 2.24. The van der Waals surface area contributed by atoms with Gasteiger partial charge in [-0.2, -0.15) is 0 Å². The maximum absolute atomic E-state index is 5.09. The summed E-state index contributed by atoms with van der Waals surface area (Å²) in [4.78, 5) is 4.40. The highest BCUT2D eigenvalue weighted by atomic mass is 32.1. The van der Waals surface area contributed by atoms with Crippen LogP contribution >= 0.6 is 11.3 Å². The molecule has 0 spiro atoms. The first kappa shape index (κ1) is 9.68. The van der Waals surface area contributed by atoms with E-state index in [0.29, 0.717) is 0 Å². The summed E-state index contributed by atoms with van der Waals surface area (Å²) in [7, 11) is 1.66. The molecule has 0 aromatic carbocycles. The smallest absolute Gasteiger partial charge is 0.273 e. The first-order valence-corrected chi connectivity index (χ1v) is 5.58. The molecule has 2 rings (SSSR count). The molecular weight excluding hydrogens is 196 g/mol. The Bertz CT molecular complexity index is 357. The third-order valence-corrected chi connectivity index (χ3v) is 3.26. The van der Waals surface area contributed by atoms with Crippen molar-refractivity contribution in [3.63, 3.8) is 0 Å². The Labute approximate surface area is 87.8 Å². The molecule has 0 saturated heterocycles. The summed E-state index contributed by atoms with van der Waals surface area (Å²) >= 11 is 1.55. The lowest BCUT2D eigenvalue weighted by Gasteiger charge is -2.17. The minimum Gasteiger partial charge on any atom is -0.473 e. The van der Waals surface area contributed by atoms with Crippen molar-refractivity contribution in [2.45, 2.75) is 13.3 Å². The van der Waals surface area contributed by atoms with E-state index in [9.17, 15) is 0 Å². The van der Waals surface area contributed by atoms with E-state index in [0.717, 1.165) is 30.4 Å². The molecule has 0 amide bonds. The van der Waals surface area contributed by atoms with E-state index in [1.54, 1.807) is 18.4 Å². The molecule has 1 aromatic rings. The van der Waals surface area contributed by atoms with Gasteiger partial charge >= 0.3 is 0 Å². The van der Waals surface area contributed by atoms with Crippen molar-refractivity contribution in [3.8, 4) is 5.19 Å². The largest absolute Gasteiger partial charge is 0.473 e. The molecule has 0 fully saturated rings. The summed E-state index contributed by atoms with van der Waals surface area (Å²) < 4.78 is 5.09. The van der Waals surface area contributed by atoms with Crippen LogP contribution in [-0.2, 0) is 0 Å². The van der Waals surface area contributed by atoms with Crippen LogP contribution < -0.4 is 10.1 Å². The van der Waals surface area contributed by atoms with Gasteiger partial charge in [0.2, 0.25) is 0 Å². The lowest BCUT2D eigenvalue weighted by atomic mass is 10.0. The molecule has 76 valence electrons. The van der Waals surface area contributed by atoms with Crippen molar-refractivity contribution in [3.05, 3.63) is 16.6 Å². The SMILES string of the molecule is COc1nc(C2=C(C)CCNC2)cs1. The number of thiazole rings is 1. The number of aromatic nitrogens is 1. The van der Waals surface area contributed by atoms with E-state index in [-0.39, 0.29) is 0 Å². The molecule has 4 heteroatoms. The quantitative estimate of drug-likeness (QED) is 0.809. The summed E-state index contributed by atoms with van der Waals surface area (Å²) in [5.41, 5.74) is 3.84. The monoisotopic (exact) mass is 210 g/mol. The number of methoxy groups -OCH3 is 1. The number of nitrogens with one attached hydrogen (secondary N) is 1. The van der Waals surface area contributed by atoms with Crippen molar-refractivity contribution in [2.75, 3.05) is 20.2 Å². The molecule has 14 heavy (non-hydrogen) atoms. The van der Waals surface area contributed by atoms with Gasteiger partial charge in [0.15, 0.2) is 0 Å². The summed E-state index contributed by atoms with van der Waals surface area (Å²) in [6, 6.07) is 0. The highest BCUT2D eigenvalue weighted by molar-refractivity contribution is 7.11. The van der Waals surface area contributed by atoms with Gasteiger partial charge in [-0.25, -0.2) is 4.98 Å². The standard InChI is InChI=1S/C10H14N2OS/c1-7-3-4-11-5-8(7)9-6-14-10(12-9)13-2/h6,11H,3-5H2,1-2H3. The summed E-state index contributed by atoms with van der Waals surface area (Å²) in [6.45, 7) is 4.19. The average Bonchev–Trinajstić information content (AvgIpc) is 2.67. The third-order valence-electron chi connectivity index (χ3n) is 2.46. The first-order chi connectivity index (χ1) is 6.81. The summed E-state index contributed by atoms with van der Waals surface area (Å²) in [5.74, 6) is 0. The second kappa shape index (κ2) is 4.11. The normalized spacial score (nSPS) is 17.3. The predicted octanol–water partition coefficient (Wildman–Crippen LogP) is 1.92. The molecule has 0 atom stereocenters. The highest BCUT2D eigenvalue weighted by Crippen LogP contribution is 2.26. The van der Waals surface area contributed by atoms with E-state index < -0.39 is 0 Å². The molecule has 1 aromatic heterocycles. The van der Waals surface area contributed by atoms with Gasteiger partial charge in [0.1, 0.15) is 0 Å². The molecule has 2 heterocycles. The molecule has 1 aliphatic heterocycles. The molecule has 0 bridgehead atoms. The first-order valence-electron chi connectivity index (χ1n) is 4.70. The molecule has 0 saturated carbocycles. The van der Waals surface area contributed by atoms with E-state index >= 15 is 0 Å². The van der Waals surface area contributed by atoms with Gasteiger partial charge in [-0.3, -0.25) is 0 Å². The third kappa shape index (κ3) is 1.81. The molecule has 1 N–H and O–H groups in total. The molecule has 0 unspecified atom stereocenters. The lowest BCUT2D eigenvalue weighted by Crippen LogP contribution is -2.23. The minimum atomic E-state index is 0.742. The van der Waals surface area contributed by atoms with Gasteiger partial charge in [-0.15, -0.1) is 0 Å². The van der Waals surface area contributed by atoms with E-state index in [4.69, 9.17) is 4.74 Å². The van der Waals surface area contributed by atoms with Crippen LogP contribution in [-0.4, -0.2) is 25.2 Å². The van der Waals surface area contributed by atoms with Crippen molar-refractivity contribution in [2.24, 2.45) is 0 Å². The Hall–Kier alpha value is -0.870. The summed E-state index contributed by atoms with van der Waals surface area (Å²) in [6.07, 6.45) is 1.12. The fourth-order valence-electron chi connectivity index (χ4n) is 1.59. The predicted molar refractivity (Wildman–Crippen MR) is 58.7 cm³/mol. The molecule has 0 aliphatic carbocycles. The van der Waals surface area contributed by atoms with Gasteiger partial charge in [0.25, 0.3) is 5.19 Å². The number of ether oxygens (including phenoxy) is 1. The maximum atomic E-state index is 5.09. The van der Waals surface area contributed by atoms with Crippen LogP contribution in [0.3, 0.4) is 0 Å². The fraction of sp³-hybridized carbons (Fsp3) is 0.500. The molecular formula is C10H14N2OS. The van der Waals surface area contributed by atoms with E-state index in [1.165, 1.54) is 11.1 Å². The highest BCUT2D eigenvalue weighted by Gasteiger charge is 2.13. The lowest BCUT2D eigenvalue weighted by molar-refractivity contribution is 0.411. The molecule has 1 aliphatic rings. The zero-order valence-corrected chi connectivity index (χ0v) is 9.28. The average molecular weight is 210 g/mol. The minimum absolute atomic E-state index is 0.742. The Morgan fingerprint density at radius 3 is 3.07 bits per heavy atom. The Morgan fingerprint density at radius 2 is 2.43 bits per heavy atom.